The zero-order chi connectivity index (χ0) is 28.0. The molecule has 2 aliphatic heterocycles. The largest absolute Gasteiger partial charge is 0.491 e. The van der Waals surface area contributed by atoms with Crippen LogP contribution in [-0.2, 0) is 0 Å². The van der Waals surface area contributed by atoms with Gasteiger partial charge < -0.3 is 24.6 Å². The van der Waals surface area contributed by atoms with Crippen LogP contribution in [0.25, 0.3) is 22.6 Å². The second kappa shape index (κ2) is 10.9. The van der Waals surface area contributed by atoms with Crippen molar-refractivity contribution in [1.82, 2.24) is 25.3 Å². The van der Waals surface area contributed by atoms with Crippen LogP contribution >= 0.6 is 11.6 Å². The molecule has 0 bridgehead atoms. The van der Waals surface area contributed by atoms with E-state index in [1.54, 1.807) is 19.2 Å². The van der Waals surface area contributed by atoms with Crippen molar-refractivity contribution in [2.24, 2.45) is 5.41 Å². The quantitative estimate of drug-likeness (QED) is 0.390. The molecule has 3 aromatic rings. The second-order valence-electron chi connectivity index (χ2n) is 11.8. The lowest BCUT2D eigenvalue weighted by Gasteiger charge is -2.26. The fourth-order valence-electron chi connectivity index (χ4n) is 6.42. The first-order chi connectivity index (χ1) is 19.3. The van der Waals surface area contributed by atoms with E-state index in [1.807, 2.05) is 19.9 Å². The average Bonchev–Trinajstić information content (AvgIpc) is 3.45. The Morgan fingerprint density at radius 1 is 1.18 bits per heavy atom. The average molecular weight is 567 g/mol. The van der Waals surface area contributed by atoms with Crippen molar-refractivity contribution in [3.05, 3.63) is 40.2 Å². The third-order valence-electron chi connectivity index (χ3n) is 8.72. The van der Waals surface area contributed by atoms with E-state index < -0.39 is 6.10 Å². The van der Waals surface area contributed by atoms with Crippen LogP contribution in [0.2, 0.25) is 5.02 Å². The number of aromatic nitrogens is 3. The van der Waals surface area contributed by atoms with E-state index in [4.69, 9.17) is 30.8 Å². The van der Waals surface area contributed by atoms with Crippen LogP contribution < -0.4 is 15.0 Å². The normalized spacial score (nSPS) is 22.0. The molecule has 2 N–H and O–H groups in total. The predicted octanol–water partition coefficient (Wildman–Crippen LogP) is 4.40. The van der Waals surface area contributed by atoms with Gasteiger partial charge in [-0.3, -0.25) is 4.90 Å². The molecular weight excluding hydrogens is 528 g/mol. The fraction of sp³-hybridized carbons (Fsp3) is 0.567. The van der Waals surface area contributed by atoms with Gasteiger partial charge in [-0.05, 0) is 78.2 Å². The number of benzene rings is 1. The maximum absolute atomic E-state index is 10.1. The van der Waals surface area contributed by atoms with Gasteiger partial charge in [0, 0.05) is 48.8 Å². The minimum absolute atomic E-state index is 0.167. The Bertz CT molecular complexity index is 1370. The SMILES string of the molecule is CNCC(O)COc1ccc(Cl)c(-c2nc(-c3c(C)noc3C)c(C)c(N3CCC4(CCN(C5CC5)C4)C3)n2)c1. The Morgan fingerprint density at radius 2 is 1.98 bits per heavy atom. The van der Waals surface area contributed by atoms with Crippen molar-refractivity contribution in [3.8, 4) is 28.4 Å². The van der Waals surface area contributed by atoms with Crippen LogP contribution in [0.3, 0.4) is 0 Å². The zero-order valence-electron chi connectivity index (χ0n) is 23.8. The Balaban J connectivity index is 1.37. The molecular formula is C30H39ClN6O3. The summed E-state index contributed by atoms with van der Waals surface area (Å²) in [7, 11) is 1.80. The van der Waals surface area contributed by atoms with Crippen LogP contribution in [0.1, 0.15) is 42.7 Å². The van der Waals surface area contributed by atoms with E-state index in [-0.39, 0.29) is 6.61 Å². The Morgan fingerprint density at radius 3 is 2.70 bits per heavy atom. The topological polar surface area (TPSA) is 99.8 Å². The van der Waals surface area contributed by atoms with Crippen LogP contribution in [0.4, 0.5) is 5.82 Å². The van der Waals surface area contributed by atoms with E-state index in [9.17, 15) is 5.11 Å². The molecule has 2 atom stereocenters. The van der Waals surface area contributed by atoms with E-state index in [2.05, 4.69) is 27.2 Å². The number of hydrogen-bond acceptors (Lipinski definition) is 9. The molecule has 6 rings (SSSR count). The Hall–Kier alpha value is -2.72. The number of aliphatic hydroxyl groups excluding tert-OH is 1. The zero-order valence-corrected chi connectivity index (χ0v) is 24.6. The number of nitrogens with zero attached hydrogens (tertiary/aromatic N) is 5. The highest BCUT2D eigenvalue weighted by Gasteiger charge is 2.47. The highest BCUT2D eigenvalue weighted by molar-refractivity contribution is 6.33. The third-order valence-corrected chi connectivity index (χ3v) is 9.05. The van der Waals surface area contributed by atoms with Crippen molar-refractivity contribution in [1.29, 1.82) is 0 Å². The molecule has 3 fully saturated rings. The van der Waals surface area contributed by atoms with Gasteiger partial charge in [0.15, 0.2) is 5.82 Å². The van der Waals surface area contributed by atoms with Crippen molar-refractivity contribution < 1.29 is 14.4 Å². The van der Waals surface area contributed by atoms with Crippen LogP contribution in [-0.4, -0.2) is 83.7 Å². The first-order valence-electron chi connectivity index (χ1n) is 14.3. The Labute approximate surface area is 240 Å². The number of ether oxygens (including phenoxy) is 1. The lowest BCUT2D eigenvalue weighted by atomic mass is 9.86. The molecule has 1 aliphatic carbocycles. The summed E-state index contributed by atoms with van der Waals surface area (Å²) in [6.07, 6.45) is 4.51. The lowest BCUT2D eigenvalue weighted by molar-refractivity contribution is 0.108. The van der Waals surface area contributed by atoms with Gasteiger partial charge in [-0.1, -0.05) is 16.8 Å². The number of halogens is 1. The van der Waals surface area contributed by atoms with E-state index in [1.165, 1.54) is 38.8 Å². The summed E-state index contributed by atoms with van der Waals surface area (Å²) in [6, 6.07) is 6.27. The number of rotatable bonds is 9. The highest BCUT2D eigenvalue weighted by atomic mass is 35.5. The summed E-state index contributed by atoms with van der Waals surface area (Å²) in [5.41, 5.74) is 4.54. The minimum atomic E-state index is -0.619. The van der Waals surface area contributed by atoms with E-state index in [0.717, 1.165) is 53.2 Å². The summed E-state index contributed by atoms with van der Waals surface area (Å²) in [5, 5.41) is 17.8. The molecule has 2 aromatic heterocycles. The summed E-state index contributed by atoms with van der Waals surface area (Å²) >= 11 is 6.74. The molecule has 40 heavy (non-hydrogen) atoms. The van der Waals surface area contributed by atoms with Crippen molar-refractivity contribution >= 4 is 17.4 Å². The summed E-state index contributed by atoms with van der Waals surface area (Å²) in [5.74, 6) is 2.81. The number of likely N-dealkylation sites (tertiary alicyclic amines) is 1. The predicted molar refractivity (Wildman–Crippen MR) is 156 cm³/mol. The summed E-state index contributed by atoms with van der Waals surface area (Å²) < 4.78 is 11.4. The third kappa shape index (κ3) is 5.32. The van der Waals surface area contributed by atoms with Crippen LogP contribution in [0.15, 0.2) is 22.7 Å². The number of likely N-dealkylation sites (N-methyl/N-ethyl adjacent to an activating group) is 1. The number of nitrogens with one attached hydrogen (secondary N) is 1. The fourth-order valence-corrected chi connectivity index (χ4v) is 6.62. The summed E-state index contributed by atoms with van der Waals surface area (Å²) in [4.78, 5) is 15.4. The van der Waals surface area contributed by atoms with Crippen LogP contribution in [0.5, 0.6) is 5.75 Å². The van der Waals surface area contributed by atoms with Gasteiger partial charge in [-0.25, -0.2) is 9.97 Å². The number of aliphatic hydroxyl groups is 1. The van der Waals surface area contributed by atoms with Gasteiger partial charge in [-0.15, -0.1) is 0 Å². The van der Waals surface area contributed by atoms with Crippen molar-refractivity contribution in [3.63, 3.8) is 0 Å². The summed E-state index contributed by atoms with van der Waals surface area (Å²) in [6.45, 7) is 10.9. The molecule has 214 valence electrons. The number of aryl methyl sites for hydroxylation is 2. The first kappa shape index (κ1) is 27.4. The van der Waals surface area contributed by atoms with E-state index >= 15 is 0 Å². The lowest BCUT2D eigenvalue weighted by Crippen LogP contribution is -2.32. The molecule has 0 amide bonds. The van der Waals surface area contributed by atoms with E-state index in [0.29, 0.717) is 34.1 Å². The maximum atomic E-state index is 10.1. The molecule has 4 heterocycles. The van der Waals surface area contributed by atoms with Gasteiger partial charge in [0.1, 0.15) is 30.0 Å². The Kier molecular flexibility index (Phi) is 7.50. The van der Waals surface area contributed by atoms with Gasteiger partial charge >= 0.3 is 0 Å². The first-order valence-corrected chi connectivity index (χ1v) is 14.7. The molecule has 2 saturated heterocycles. The monoisotopic (exact) mass is 566 g/mol. The van der Waals surface area contributed by atoms with Gasteiger partial charge in [0.2, 0.25) is 0 Å². The molecule has 3 aliphatic rings. The number of hydrogen-bond donors (Lipinski definition) is 2. The van der Waals surface area contributed by atoms with Crippen molar-refractivity contribution in [2.45, 2.75) is 58.6 Å². The molecule has 10 heteroatoms. The molecule has 1 spiro atoms. The molecule has 1 saturated carbocycles. The minimum Gasteiger partial charge on any atom is -0.491 e. The molecule has 1 aromatic carbocycles. The standard InChI is InChI=1S/C30H39ClN6O3/c1-18-27(26-19(2)35-40-20(26)3)33-28(24-13-23(7-8-25(24)31)39-15-22(38)14-32-4)34-29(18)37-12-10-30(17-37)9-11-36(16-30)21-5-6-21/h7-8,13,21-22,32,38H,5-6,9-12,14-17H2,1-4H3. The molecule has 9 nitrogen and oxygen atoms in total. The molecule has 2 unspecified atom stereocenters. The van der Waals surface area contributed by atoms with Gasteiger partial charge in [-0.2, -0.15) is 0 Å². The number of anilines is 1. The van der Waals surface area contributed by atoms with Crippen molar-refractivity contribution in [2.75, 3.05) is 51.3 Å². The highest BCUT2D eigenvalue weighted by Crippen LogP contribution is 2.46. The van der Waals surface area contributed by atoms with Crippen LogP contribution in [0, 0.1) is 26.2 Å². The second-order valence-corrected chi connectivity index (χ2v) is 12.2. The smallest absolute Gasteiger partial charge is 0.163 e. The maximum Gasteiger partial charge on any atom is 0.163 e. The molecule has 0 radical (unpaired) electrons. The van der Waals surface area contributed by atoms with Gasteiger partial charge in [0.25, 0.3) is 0 Å². The van der Waals surface area contributed by atoms with Gasteiger partial charge in [0.05, 0.1) is 22.0 Å².